The summed E-state index contributed by atoms with van der Waals surface area (Å²) in [5.41, 5.74) is 2.95. The maximum atomic E-state index is 12.3. The number of amides is 1. The number of carbonyl (C=O) groups excluding carboxylic acids is 1. The van der Waals surface area contributed by atoms with Crippen LogP contribution < -0.4 is 0 Å². The minimum absolute atomic E-state index is 0.0854. The number of carbonyl (C=O) groups is 1. The lowest BCUT2D eigenvalue weighted by atomic mass is 10.1. The number of pyridine rings is 1. The molecule has 0 aliphatic heterocycles. The summed E-state index contributed by atoms with van der Waals surface area (Å²) in [6, 6.07) is 9.93. The molecule has 0 N–H and O–H groups in total. The summed E-state index contributed by atoms with van der Waals surface area (Å²) in [5, 5.41) is 1.06. The zero-order valence-electron chi connectivity index (χ0n) is 13.3. The summed E-state index contributed by atoms with van der Waals surface area (Å²) in [6.07, 6.45) is 1.11. The van der Waals surface area contributed by atoms with Gasteiger partial charge in [-0.2, -0.15) is 0 Å². The molecule has 0 unspecified atom stereocenters. The average Bonchev–Trinajstić information content (AvgIpc) is 2.46. The SMILES string of the molecule is Cc1cc(C[S@](=O)CCCC(=O)N(C)C)c2ccccc2n1. The fourth-order valence-corrected chi connectivity index (χ4v) is 3.56. The van der Waals surface area contributed by atoms with Crippen molar-refractivity contribution >= 4 is 27.6 Å². The first-order valence-electron chi connectivity index (χ1n) is 7.38. The van der Waals surface area contributed by atoms with E-state index in [1.165, 1.54) is 0 Å². The van der Waals surface area contributed by atoms with Crippen LogP contribution in [0.4, 0.5) is 0 Å². The molecule has 1 heterocycles. The third-order valence-corrected chi connectivity index (χ3v) is 4.88. The number of aromatic nitrogens is 1. The van der Waals surface area contributed by atoms with E-state index in [1.807, 2.05) is 37.3 Å². The molecule has 0 spiro atoms. The molecule has 1 atom stereocenters. The zero-order chi connectivity index (χ0) is 16.1. The Morgan fingerprint density at radius 3 is 2.73 bits per heavy atom. The number of hydrogen-bond donors (Lipinski definition) is 0. The molecule has 0 bridgehead atoms. The smallest absolute Gasteiger partial charge is 0.222 e. The summed E-state index contributed by atoms with van der Waals surface area (Å²) < 4.78 is 12.3. The normalized spacial score (nSPS) is 12.3. The Kier molecular flexibility index (Phi) is 5.66. The van der Waals surface area contributed by atoms with Crippen LogP contribution in [0.2, 0.25) is 0 Å². The van der Waals surface area contributed by atoms with E-state index in [0.29, 0.717) is 24.3 Å². The van der Waals surface area contributed by atoms with Gasteiger partial charge in [0.15, 0.2) is 0 Å². The Labute approximate surface area is 134 Å². The topological polar surface area (TPSA) is 50.3 Å². The van der Waals surface area contributed by atoms with Crippen molar-refractivity contribution in [3.05, 3.63) is 41.6 Å². The molecule has 118 valence electrons. The molecule has 1 amide bonds. The van der Waals surface area contributed by atoms with Gasteiger partial charge in [0.1, 0.15) is 0 Å². The lowest BCUT2D eigenvalue weighted by Gasteiger charge is -2.10. The van der Waals surface area contributed by atoms with E-state index in [4.69, 9.17) is 0 Å². The quantitative estimate of drug-likeness (QED) is 0.823. The highest BCUT2D eigenvalue weighted by Crippen LogP contribution is 2.19. The highest BCUT2D eigenvalue weighted by atomic mass is 32.2. The fourth-order valence-electron chi connectivity index (χ4n) is 2.37. The van der Waals surface area contributed by atoms with Crippen LogP contribution in [0.15, 0.2) is 30.3 Å². The number of hydrogen-bond acceptors (Lipinski definition) is 3. The van der Waals surface area contributed by atoms with Gasteiger partial charge in [0.2, 0.25) is 5.91 Å². The summed E-state index contributed by atoms with van der Waals surface area (Å²) >= 11 is 0. The maximum Gasteiger partial charge on any atom is 0.222 e. The molecule has 0 fully saturated rings. The molecule has 0 aliphatic carbocycles. The van der Waals surface area contributed by atoms with Gasteiger partial charge in [-0.25, -0.2) is 0 Å². The predicted molar refractivity (Wildman–Crippen MR) is 91.1 cm³/mol. The summed E-state index contributed by atoms with van der Waals surface area (Å²) in [5.74, 6) is 1.15. The number of benzene rings is 1. The Hall–Kier alpha value is -1.75. The van der Waals surface area contributed by atoms with E-state index in [0.717, 1.165) is 22.2 Å². The van der Waals surface area contributed by atoms with Gasteiger partial charge in [-0.15, -0.1) is 0 Å². The molecule has 0 aliphatic rings. The van der Waals surface area contributed by atoms with Crippen molar-refractivity contribution in [2.24, 2.45) is 0 Å². The standard InChI is InChI=1S/C17H22N2O2S/c1-13-11-14(15-7-4-5-8-16(15)18-13)12-22(21)10-6-9-17(20)19(2)3/h4-5,7-8,11H,6,9-10,12H2,1-3H3/t22-/m1/s1. The van der Waals surface area contributed by atoms with Crippen molar-refractivity contribution in [3.8, 4) is 0 Å². The molecule has 4 nitrogen and oxygen atoms in total. The van der Waals surface area contributed by atoms with E-state index in [9.17, 15) is 9.00 Å². The first kappa shape index (κ1) is 16.6. The van der Waals surface area contributed by atoms with Crippen LogP contribution in [-0.2, 0) is 21.3 Å². The summed E-state index contributed by atoms with van der Waals surface area (Å²) in [7, 11) is 2.52. The molecular weight excluding hydrogens is 296 g/mol. The molecule has 22 heavy (non-hydrogen) atoms. The Morgan fingerprint density at radius 2 is 2.00 bits per heavy atom. The second-order valence-corrected chi connectivity index (χ2v) is 7.20. The van der Waals surface area contributed by atoms with Crippen molar-refractivity contribution < 1.29 is 9.00 Å². The monoisotopic (exact) mass is 318 g/mol. The van der Waals surface area contributed by atoms with Gasteiger partial charge >= 0.3 is 0 Å². The van der Waals surface area contributed by atoms with E-state index in [1.54, 1.807) is 19.0 Å². The van der Waals surface area contributed by atoms with Gasteiger partial charge in [-0.05, 0) is 31.0 Å². The first-order valence-corrected chi connectivity index (χ1v) is 8.86. The zero-order valence-corrected chi connectivity index (χ0v) is 14.2. The van der Waals surface area contributed by atoms with Gasteiger partial charge in [-0.1, -0.05) is 18.2 Å². The second-order valence-electron chi connectivity index (χ2n) is 5.62. The van der Waals surface area contributed by atoms with Gasteiger partial charge in [-0.3, -0.25) is 14.0 Å². The van der Waals surface area contributed by atoms with Gasteiger partial charge in [0.05, 0.1) is 5.52 Å². The lowest BCUT2D eigenvalue weighted by Crippen LogP contribution is -2.21. The molecule has 0 saturated carbocycles. The van der Waals surface area contributed by atoms with E-state index in [2.05, 4.69) is 4.98 Å². The van der Waals surface area contributed by atoms with Crippen molar-refractivity contribution in [1.29, 1.82) is 0 Å². The molecule has 0 saturated heterocycles. The average molecular weight is 318 g/mol. The minimum Gasteiger partial charge on any atom is -0.349 e. The van der Waals surface area contributed by atoms with Gasteiger partial charge in [0, 0.05) is 53.9 Å². The highest BCUT2D eigenvalue weighted by Gasteiger charge is 2.09. The Bertz CT molecular complexity index is 698. The number of fused-ring (bicyclic) bond motifs is 1. The number of rotatable bonds is 6. The molecule has 2 aromatic rings. The maximum absolute atomic E-state index is 12.3. The lowest BCUT2D eigenvalue weighted by molar-refractivity contribution is -0.128. The van der Waals surface area contributed by atoms with Crippen LogP contribution in [0.1, 0.15) is 24.1 Å². The Morgan fingerprint density at radius 1 is 1.27 bits per heavy atom. The molecule has 1 aromatic carbocycles. The number of nitrogens with zero attached hydrogens (tertiary/aromatic N) is 2. The van der Waals surface area contributed by atoms with Crippen LogP contribution in [0, 0.1) is 6.92 Å². The van der Waals surface area contributed by atoms with Crippen LogP contribution in [0.25, 0.3) is 10.9 Å². The molecular formula is C17H22N2O2S. The minimum atomic E-state index is -0.963. The third kappa shape index (κ3) is 4.37. The molecule has 2 rings (SSSR count). The molecule has 5 heteroatoms. The molecule has 0 radical (unpaired) electrons. The van der Waals surface area contributed by atoms with Crippen LogP contribution >= 0.6 is 0 Å². The third-order valence-electron chi connectivity index (χ3n) is 3.51. The van der Waals surface area contributed by atoms with E-state index in [-0.39, 0.29) is 5.91 Å². The second kappa shape index (κ2) is 7.49. The first-order chi connectivity index (χ1) is 10.5. The fraction of sp³-hybridized carbons (Fsp3) is 0.412. The van der Waals surface area contributed by atoms with Crippen LogP contribution in [0.5, 0.6) is 0 Å². The molecule has 1 aromatic heterocycles. The van der Waals surface area contributed by atoms with Crippen molar-refractivity contribution in [2.45, 2.75) is 25.5 Å². The predicted octanol–water partition coefficient (Wildman–Crippen LogP) is 2.66. The number of aryl methyl sites for hydroxylation is 1. The van der Waals surface area contributed by atoms with Crippen molar-refractivity contribution in [3.63, 3.8) is 0 Å². The van der Waals surface area contributed by atoms with E-state index < -0.39 is 10.8 Å². The number of para-hydroxylation sites is 1. The van der Waals surface area contributed by atoms with Gasteiger partial charge < -0.3 is 4.90 Å². The largest absolute Gasteiger partial charge is 0.349 e. The highest BCUT2D eigenvalue weighted by molar-refractivity contribution is 7.84. The van der Waals surface area contributed by atoms with Crippen molar-refractivity contribution in [1.82, 2.24) is 9.88 Å². The van der Waals surface area contributed by atoms with Gasteiger partial charge in [0.25, 0.3) is 0 Å². The Balaban J connectivity index is 2.01. The summed E-state index contributed by atoms with van der Waals surface area (Å²) in [6.45, 7) is 1.95. The van der Waals surface area contributed by atoms with Crippen molar-refractivity contribution in [2.75, 3.05) is 19.8 Å². The van der Waals surface area contributed by atoms with E-state index >= 15 is 0 Å². The van der Waals surface area contributed by atoms with Crippen LogP contribution in [0.3, 0.4) is 0 Å². The van der Waals surface area contributed by atoms with Crippen LogP contribution in [-0.4, -0.2) is 39.8 Å². The summed E-state index contributed by atoms with van der Waals surface area (Å²) in [4.78, 5) is 17.6.